The van der Waals surface area contributed by atoms with Crippen LogP contribution < -0.4 is 0 Å². The van der Waals surface area contributed by atoms with Crippen LogP contribution in [0.25, 0.3) is 5.69 Å². The third-order valence-corrected chi connectivity index (χ3v) is 3.58. The first-order valence-corrected chi connectivity index (χ1v) is 6.38. The van der Waals surface area contributed by atoms with Crippen molar-refractivity contribution in [3.05, 3.63) is 35.7 Å². The molecule has 1 heterocycles. The number of rotatable bonds is 3. The third kappa shape index (κ3) is 2.09. The van der Waals surface area contributed by atoms with Gasteiger partial charge in [0, 0.05) is 5.92 Å². The van der Waals surface area contributed by atoms with Crippen molar-refractivity contribution < 1.29 is 9.90 Å². The second-order valence-corrected chi connectivity index (χ2v) is 4.75. The van der Waals surface area contributed by atoms with Gasteiger partial charge in [0.2, 0.25) is 0 Å². The van der Waals surface area contributed by atoms with E-state index in [1.807, 2.05) is 0 Å². The van der Waals surface area contributed by atoms with E-state index in [2.05, 4.69) is 15.5 Å². The summed E-state index contributed by atoms with van der Waals surface area (Å²) in [7, 11) is 0. The Labute approximate surface area is 110 Å². The molecule has 1 saturated carbocycles. The molecule has 98 valence electrons. The van der Waals surface area contributed by atoms with E-state index in [4.69, 9.17) is 0 Å². The summed E-state index contributed by atoms with van der Waals surface area (Å²) in [6.07, 6.45) is 4.49. The summed E-state index contributed by atoms with van der Waals surface area (Å²) >= 11 is 0. The smallest absolute Gasteiger partial charge is 0.337 e. The lowest BCUT2D eigenvalue weighted by molar-refractivity contribution is 0.0696. The van der Waals surface area contributed by atoms with E-state index < -0.39 is 5.97 Å². The van der Waals surface area contributed by atoms with E-state index in [-0.39, 0.29) is 5.56 Å². The van der Waals surface area contributed by atoms with Crippen molar-refractivity contribution in [1.29, 1.82) is 0 Å². The maximum Gasteiger partial charge on any atom is 0.337 e. The summed E-state index contributed by atoms with van der Waals surface area (Å²) in [5, 5.41) is 21.0. The minimum atomic E-state index is -0.969. The molecule has 0 amide bonds. The number of para-hydroxylation sites is 1. The van der Waals surface area contributed by atoms with Gasteiger partial charge < -0.3 is 5.11 Å². The molecule has 6 heteroatoms. The number of aromatic nitrogens is 4. The molecule has 1 aliphatic rings. The number of hydrogen-bond acceptors (Lipinski definition) is 4. The Morgan fingerprint density at radius 3 is 2.74 bits per heavy atom. The van der Waals surface area contributed by atoms with Crippen LogP contribution in [-0.2, 0) is 0 Å². The van der Waals surface area contributed by atoms with E-state index >= 15 is 0 Å². The summed E-state index contributed by atoms with van der Waals surface area (Å²) in [5.74, 6) is 0.131. The quantitative estimate of drug-likeness (QED) is 0.910. The van der Waals surface area contributed by atoms with Crippen LogP contribution in [0.5, 0.6) is 0 Å². The number of hydrogen-bond donors (Lipinski definition) is 1. The van der Waals surface area contributed by atoms with E-state index in [0.29, 0.717) is 11.6 Å². The number of carbonyl (C=O) groups is 1. The maximum absolute atomic E-state index is 11.3. The van der Waals surface area contributed by atoms with Gasteiger partial charge in [-0.05, 0) is 35.4 Å². The maximum atomic E-state index is 11.3. The van der Waals surface area contributed by atoms with Gasteiger partial charge in [0.05, 0.1) is 11.3 Å². The van der Waals surface area contributed by atoms with Crippen molar-refractivity contribution in [2.75, 3.05) is 0 Å². The normalized spacial score (nSPS) is 15.8. The first-order chi connectivity index (χ1) is 9.27. The molecule has 1 aromatic heterocycles. The number of aromatic carboxylic acids is 1. The molecule has 1 N–H and O–H groups in total. The fourth-order valence-corrected chi connectivity index (χ4v) is 2.64. The summed E-state index contributed by atoms with van der Waals surface area (Å²) in [4.78, 5) is 11.3. The zero-order valence-corrected chi connectivity index (χ0v) is 10.4. The van der Waals surface area contributed by atoms with E-state index in [1.54, 1.807) is 28.9 Å². The summed E-state index contributed by atoms with van der Waals surface area (Å²) < 4.78 is 1.57. The van der Waals surface area contributed by atoms with Gasteiger partial charge >= 0.3 is 5.97 Å². The van der Waals surface area contributed by atoms with E-state index in [9.17, 15) is 9.90 Å². The molecule has 1 fully saturated rings. The molecule has 0 aliphatic heterocycles. The van der Waals surface area contributed by atoms with Crippen molar-refractivity contribution in [2.24, 2.45) is 0 Å². The van der Waals surface area contributed by atoms with E-state index in [1.165, 1.54) is 12.8 Å². The molecule has 0 unspecified atom stereocenters. The number of tetrazole rings is 1. The van der Waals surface area contributed by atoms with Crippen LogP contribution in [0.1, 0.15) is 47.8 Å². The molecule has 6 nitrogen and oxygen atoms in total. The molecule has 0 spiro atoms. The first kappa shape index (κ1) is 11.8. The summed E-state index contributed by atoms with van der Waals surface area (Å²) in [5.41, 5.74) is 0.746. The molecular weight excluding hydrogens is 244 g/mol. The standard InChI is InChI=1S/C13H14N4O2/c18-13(19)10-7-3-4-8-11(10)17-12(14-15-16-17)9-5-1-2-6-9/h3-4,7-9H,1-2,5-6H2,(H,18,19). The predicted molar refractivity (Wildman–Crippen MR) is 67.3 cm³/mol. The van der Waals surface area contributed by atoms with Crippen LogP contribution in [-0.4, -0.2) is 31.3 Å². The van der Waals surface area contributed by atoms with Crippen LogP contribution in [0, 0.1) is 0 Å². The van der Waals surface area contributed by atoms with Crippen LogP contribution in [0.2, 0.25) is 0 Å². The molecule has 3 rings (SSSR count). The van der Waals surface area contributed by atoms with Crippen LogP contribution in [0.3, 0.4) is 0 Å². The van der Waals surface area contributed by atoms with Crippen LogP contribution >= 0.6 is 0 Å². The number of carboxylic acids is 1. The van der Waals surface area contributed by atoms with Gasteiger partial charge in [-0.25, -0.2) is 4.79 Å². The van der Waals surface area contributed by atoms with Gasteiger partial charge in [-0.2, -0.15) is 4.68 Å². The summed E-state index contributed by atoms with van der Waals surface area (Å²) in [6, 6.07) is 6.80. The zero-order chi connectivity index (χ0) is 13.2. The highest BCUT2D eigenvalue weighted by molar-refractivity contribution is 5.91. The van der Waals surface area contributed by atoms with E-state index in [0.717, 1.165) is 18.7 Å². The zero-order valence-electron chi connectivity index (χ0n) is 10.4. The highest BCUT2D eigenvalue weighted by Crippen LogP contribution is 2.33. The molecule has 1 aliphatic carbocycles. The van der Waals surface area contributed by atoms with Gasteiger partial charge in [-0.15, -0.1) is 5.10 Å². The second-order valence-electron chi connectivity index (χ2n) is 4.75. The van der Waals surface area contributed by atoms with Gasteiger partial charge in [-0.3, -0.25) is 0 Å². The van der Waals surface area contributed by atoms with Crippen LogP contribution in [0.4, 0.5) is 0 Å². The second kappa shape index (κ2) is 4.79. The molecule has 0 atom stereocenters. The highest BCUT2D eigenvalue weighted by atomic mass is 16.4. The van der Waals surface area contributed by atoms with Crippen molar-refractivity contribution >= 4 is 5.97 Å². The predicted octanol–water partition coefficient (Wildman–Crippen LogP) is 2.02. The topological polar surface area (TPSA) is 80.9 Å². The Bertz CT molecular complexity index is 602. The molecular formula is C13H14N4O2. The molecule has 0 bridgehead atoms. The SMILES string of the molecule is O=C(O)c1ccccc1-n1nnnc1C1CCCC1. The fraction of sp³-hybridized carbons (Fsp3) is 0.385. The number of nitrogens with zero attached hydrogens (tertiary/aromatic N) is 4. The Balaban J connectivity index is 2.08. The van der Waals surface area contributed by atoms with Crippen LogP contribution in [0.15, 0.2) is 24.3 Å². The molecule has 19 heavy (non-hydrogen) atoms. The highest BCUT2D eigenvalue weighted by Gasteiger charge is 2.25. The van der Waals surface area contributed by atoms with Crippen molar-refractivity contribution in [3.8, 4) is 5.69 Å². The first-order valence-electron chi connectivity index (χ1n) is 6.38. The Morgan fingerprint density at radius 2 is 2.00 bits per heavy atom. The van der Waals surface area contributed by atoms with Gasteiger partial charge in [0.25, 0.3) is 0 Å². The molecule has 0 saturated heterocycles. The summed E-state index contributed by atoms with van der Waals surface area (Å²) in [6.45, 7) is 0. The largest absolute Gasteiger partial charge is 0.478 e. The van der Waals surface area contributed by atoms with Crippen molar-refractivity contribution in [2.45, 2.75) is 31.6 Å². The fourth-order valence-electron chi connectivity index (χ4n) is 2.64. The van der Waals surface area contributed by atoms with Gasteiger partial charge in [-0.1, -0.05) is 25.0 Å². The molecule has 0 radical (unpaired) electrons. The van der Waals surface area contributed by atoms with Crippen molar-refractivity contribution in [1.82, 2.24) is 20.2 Å². The Hall–Kier alpha value is -2.24. The lowest BCUT2D eigenvalue weighted by atomic mass is 10.1. The Morgan fingerprint density at radius 1 is 1.26 bits per heavy atom. The number of carboxylic acid groups (broad SMARTS) is 1. The minimum absolute atomic E-state index is 0.217. The molecule has 2 aromatic rings. The lowest BCUT2D eigenvalue weighted by Crippen LogP contribution is -2.11. The Kier molecular flexibility index (Phi) is 2.98. The lowest BCUT2D eigenvalue weighted by Gasteiger charge is -2.11. The monoisotopic (exact) mass is 258 g/mol. The average Bonchev–Trinajstić information content (AvgIpc) is 3.09. The van der Waals surface area contributed by atoms with Gasteiger partial charge in [0.15, 0.2) is 5.82 Å². The minimum Gasteiger partial charge on any atom is -0.478 e. The third-order valence-electron chi connectivity index (χ3n) is 3.58. The van der Waals surface area contributed by atoms with Crippen molar-refractivity contribution in [3.63, 3.8) is 0 Å². The van der Waals surface area contributed by atoms with Gasteiger partial charge in [0.1, 0.15) is 0 Å². The average molecular weight is 258 g/mol. The number of benzene rings is 1. The molecule has 1 aromatic carbocycles.